The van der Waals surface area contributed by atoms with Gasteiger partial charge < -0.3 is 20.7 Å². The lowest BCUT2D eigenvalue weighted by Gasteiger charge is -2.25. The van der Waals surface area contributed by atoms with Crippen LogP contribution in [0.15, 0.2) is 12.5 Å². The Hall–Kier alpha value is -1.92. The number of nitrogens with two attached hydrogens (primary N) is 1. The molecule has 8 nitrogen and oxygen atoms in total. The number of imidazole rings is 1. The second-order valence-electron chi connectivity index (χ2n) is 5.14. The van der Waals surface area contributed by atoms with E-state index in [1.54, 1.807) is 0 Å². The van der Waals surface area contributed by atoms with Crippen LogP contribution < -0.4 is 5.73 Å². The number of hydrogen-bond donors (Lipinski definition) is 3. The van der Waals surface area contributed by atoms with E-state index in [4.69, 9.17) is 28.5 Å². The Morgan fingerprint density at radius 2 is 2.32 bits per heavy atom. The van der Waals surface area contributed by atoms with Crippen LogP contribution in [0.4, 0.5) is 5.95 Å². The Morgan fingerprint density at radius 3 is 2.95 bits per heavy atom. The maximum absolute atomic E-state index is 10.3. The molecule has 0 radical (unpaired) electrons. The number of aliphatic hydroxyl groups is 2. The number of aliphatic hydroxyl groups excluding tert-OH is 2. The molecular weight excluding hydrogens is 310 g/mol. The summed E-state index contributed by atoms with van der Waals surface area (Å²) in [4.78, 5) is 10.5. The zero-order chi connectivity index (χ0) is 16.1. The molecule has 0 amide bonds. The van der Waals surface area contributed by atoms with Crippen LogP contribution in [-0.2, 0) is 4.74 Å². The van der Waals surface area contributed by atoms with Gasteiger partial charge in [-0.25, -0.2) is 9.97 Å². The van der Waals surface area contributed by atoms with Crippen molar-refractivity contribution in [2.24, 2.45) is 0 Å². The molecule has 2 unspecified atom stereocenters. The fourth-order valence-electron chi connectivity index (χ4n) is 2.52. The van der Waals surface area contributed by atoms with Crippen molar-refractivity contribution in [3.63, 3.8) is 0 Å². The molecule has 0 saturated carbocycles. The van der Waals surface area contributed by atoms with E-state index in [1.807, 2.05) is 0 Å². The Morgan fingerprint density at radius 1 is 1.59 bits per heavy atom. The number of rotatable bonds is 2. The van der Waals surface area contributed by atoms with Crippen LogP contribution in [0.25, 0.3) is 11.2 Å². The summed E-state index contributed by atoms with van der Waals surface area (Å²) in [5.41, 5.74) is 6.43. The molecule has 5 atom stereocenters. The summed E-state index contributed by atoms with van der Waals surface area (Å²) in [5, 5.41) is 20.1. The number of halogens is 1. The normalized spacial score (nSPS) is 33.0. The molecule has 1 aliphatic rings. The van der Waals surface area contributed by atoms with Crippen LogP contribution in [0.2, 0.25) is 0 Å². The number of alkyl halides is 1. The lowest BCUT2D eigenvalue weighted by molar-refractivity contribution is -0.0752. The molecule has 4 N–H and O–H groups in total. The summed E-state index contributed by atoms with van der Waals surface area (Å²) in [6.45, 7) is 1.48. The van der Waals surface area contributed by atoms with Crippen LogP contribution in [-0.4, -0.2) is 52.9 Å². The maximum atomic E-state index is 10.3. The smallest absolute Gasteiger partial charge is 0.222 e. The van der Waals surface area contributed by atoms with E-state index in [0.717, 1.165) is 0 Å². The van der Waals surface area contributed by atoms with Gasteiger partial charge in [0.25, 0.3) is 0 Å². The van der Waals surface area contributed by atoms with Crippen LogP contribution in [0.5, 0.6) is 0 Å². The third-order valence-corrected chi connectivity index (χ3v) is 4.19. The van der Waals surface area contributed by atoms with E-state index >= 15 is 0 Å². The standard InChI is InChI=1S/C13H14ClN5O3/c1-3-13(14)9(21)8(6(2)20)22-11(13)19-5-17-7-4-16-12(15)18-10(7)19/h1,4-6,8-9,11,20-21H,2H3,(H2,15,16,18)/t6-,8-,9?,11-,13?/m1/s1. The maximum Gasteiger partial charge on any atom is 0.222 e. The Labute approximate surface area is 130 Å². The highest BCUT2D eigenvalue weighted by atomic mass is 35.5. The van der Waals surface area contributed by atoms with E-state index < -0.39 is 29.4 Å². The minimum atomic E-state index is -1.57. The molecule has 22 heavy (non-hydrogen) atoms. The molecule has 0 bridgehead atoms. The molecule has 3 rings (SSSR count). The number of nitrogen functional groups attached to an aromatic ring is 1. The lowest BCUT2D eigenvalue weighted by Crippen LogP contribution is -2.43. The molecule has 2 aromatic rings. The summed E-state index contributed by atoms with van der Waals surface area (Å²) < 4.78 is 7.16. The van der Waals surface area contributed by atoms with Gasteiger partial charge in [0.05, 0.1) is 18.6 Å². The highest BCUT2D eigenvalue weighted by Crippen LogP contribution is 2.44. The van der Waals surface area contributed by atoms with E-state index in [9.17, 15) is 10.2 Å². The zero-order valence-electron chi connectivity index (χ0n) is 11.6. The van der Waals surface area contributed by atoms with Crippen molar-refractivity contribution in [1.29, 1.82) is 0 Å². The van der Waals surface area contributed by atoms with Crippen molar-refractivity contribution in [2.75, 3.05) is 5.73 Å². The molecule has 0 aliphatic carbocycles. The fourth-order valence-corrected chi connectivity index (χ4v) is 2.80. The van der Waals surface area contributed by atoms with Gasteiger partial charge in [-0.2, -0.15) is 4.98 Å². The van der Waals surface area contributed by atoms with E-state index in [-0.39, 0.29) is 5.95 Å². The second kappa shape index (κ2) is 5.07. The summed E-state index contributed by atoms with van der Waals surface area (Å²) in [5.74, 6) is 2.40. The third kappa shape index (κ3) is 2.02. The minimum Gasteiger partial charge on any atom is -0.391 e. The molecule has 1 fully saturated rings. The average molecular weight is 324 g/mol. The van der Waals surface area contributed by atoms with Gasteiger partial charge in [0, 0.05) is 0 Å². The van der Waals surface area contributed by atoms with E-state index in [2.05, 4.69) is 20.9 Å². The van der Waals surface area contributed by atoms with E-state index in [0.29, 0.717) is 11.2 Å². The van der Waals surface area contributed by atoms with Crippen molar-refractivity contribution >= 4 is 28.7 Å². The monoisotopic (exact) mass is 323 g/mol. The Kier molecular flexibility index (Phi) is 3.45. The Bertz CT molecular complexity index is 758. The second-order valence-corrected chi connectivity index (χ2v) is 5.77. The third-order valence-electron chi connectivity index (χ3n) is 3.67. The fraction of sp³-hybridized carbons (Fsp3) is 0.462. The van der Waals surface area contributed by atoms with E-state index in [1.165, 1.54) is 24.0 Å². The summed E-state index contributed by atoms with van der Waals surface area (Å²) in [6, 6.07) is 0. The first-order chi connectivity index (χ1) is 10.4. The number of ether oxygens (including phenoxy) is 1. The zero-order valence-corrected chi connectivity index (χ0v) is 12.3. The number of fused-ring (bicyclic) bond motifs is 1. The molecule has 3 heterocycles. The molecule has 1 aliphatic heterocycles. The first-order valence-electron chi connectivity index (χ1n) is 6.52. The van der Waals surface area contributed by atoms with Gasteiger partial charge in [-0.15, -0.1) is 6.42 Å². The number of aromatic nitrogens is 4. The largest absolute Gasteiger partial charge is 0.391 e. The molecule has 9 heteroatoms. The average Bonchev–Trinajstić information content (AvgIpc) is 2.99. The first kappa shape index (κ1) is 15.0. The van der Waals surface area contributed by atoms with Crippen LogP contribution in [0, 0.1) is 12.3 Å². The lowest BCUT2D eigenvalue weighted by atomic mass is 9.97. The van der Waals surface area contributed by atoms with Gasteiger partial charge in [0.15, 0.2) is 16.7 Å². The van der Waals surface area contributed by atoms with Gasteiger partial charge in [0.1, 0.15) is 17.7 Å². The van der Waals surface area contributed by atoms with Gasteiger partial charge in [-0.3, -0.25) is 4.57 Å². The van der Waals surface area contributed by atoms with Gasteiger partial charge in [-0.05, 0) is 6.92 Å². The van der Waals surface area contributed by atoms with Crippen LogP contribution in [0.1, 0.15) is 13.2 Å². The van der Waals surface area contributed by atoms with Gasteiger partial charge in [-0.1, -0.05) is 17.5 Å². The van der Waals surface area contributed by atoms with Gasteiger partial charge in [0.2, 0.25) is 5.95 Å². The highest BCUT2D eigenvalue weighted by Gasteiger charge is 2.57. The molecule has 116 valence electrons. The molecule has 0 aromatic carbocycles. The van der Waals surface area contributed by atoms with Crippen molar-refractivity contribution in [3.8, 4) is 12.3 Å². The predicted molar refractivity (Wildman–Crippen MR) is 78.8 cm³/mol. The van der Waals surface area contributed by atoms with Crippen molar-refractivity contribution in [1.82, 2.24) is 19.5 Å². The topological polar surface area (TPSA) is 119 Å². The molecule has 2 aromatic heterocycles. The molecule has 1 saturated heterocycles. The summed E-state index contributed by atoms with van der Waals surface area (Å²) in [6.07, 6.45) is 4.26. The summed E-state index contributed by atoms with van der Waals surface area (Å²) in [7, 11) is 0. The quantitative estimate of drug-likeness (QED) is 0.511. The Balaban J connectivity index is 2.13. The van der Waals surface area contributed by atoms with Crippen molar-refractivity contribution in [2.45, 2.75) is 36.3 Å². The predicted octanol–water partition coefficient (Wildman–Crippen LogP) is -0.342. The van der Waals surface area contributed by atoms with Crippen molar-refractivity contribution < 1.29 is 14.9 Å². The highest BCUT2D eigenvalue weighted by molar-refractivity contribution is 6.27. The first-order valence-corrected chi connectivity index (χ1v) is 6.89. The number of nitrogens with zero attached hydrogens (tertiary/aromatic N) is 4. The number of terminal acetylenes is 1. The van der Waals surface area contributed by atoms with Crippen LogP contribution >= 0.6 is 11.6 Å². The number of anilines is 1. The SMILES string of the molecule is C#CC1(Cl)C(O)[C@@H]([C@@H](C)O)O[C@H]1n1cnc2cnc(N)nc21. The molecule has 0 spiro atoms. The van der Waals surface area contributed by atoms with Crippen LogP contribution in [0.3, 0.4) is 0 Å². The number of hydrogen-bond acceptors (Lipinski definition) is 7. The van der Waals surface area contributed by atoms with Gasteiger partial charge >= 0.3 is 0 Å². The summed E-state index contributed by atoms with van der Waals surface area (Å²) >= 11 is 6.40. The van der Waals surface area contributed by atoms with Crippen molar-refractivity contribution in [3.05, 3.63) is 12.5 Å². The minimum absolute atomic E-state index is 0.0563. The molecular formula is C13H14ClN5O3.